The molecule has 0 unspecified atom stereocenters. The number of benzene rings is 3. The van der Waals surface area contributed by atoms with Gasteiger partial charge in [-0.1, -0.05) is 41.4 Å². The summed E-state index contributed by atoms with van der Waals surface area (Å²) in [6, 6.07) is 18.8. The van der Waals surface area contributed by atoms with Crippen molar-refractivity contribution in [2.45, 2.75) is 4.90 Å². The summed E-state index contributed by atoms with van der Waals surface area (Å²) >= 11 is 11.8. The highest BCUT2D eigenvalue weighted by Gasteiger charge is 2.15. The molecule has 5 nitrogen and oxygen atoms in total. The van der Waals surface area contributed by atoms with Crippen molar-refractivity contribution >= 4 is 50.5 Å². The maximum Gasteiger partial charge on any atom is 0.261 e. The summed E-state index contributed by atoms with van der Waals surface area (Å²) in [6.07, 6.45) is 0. The van der Waals surface area contributed by atoms with E-state index < -0.39 is 15.9 Å². The summed E-state index contributed by atoms with van der Waals surface area (Å²) < 4.78 is 27.4. The Labute approximate surface area is 167 Å². The molecule has 2 N–H and O–H groups in total. The maximum atomic E-state index is 12.5. The molecule has 0 fully saturated rings. The highest BCUT2D eigenvalue weighted by Crippen LogP contribution is 2.23. The molecule has 138 valence electrons. The minimum atomic E-state index is -3.80. The number of halogens is 2. The minimum Gasteiger partial charge on any atom is -0.321 e. The van der Waals surface area contributed by atoms with E-state index >= 15 is 0 Å². The summed E-state index contributed by atoms with van der Waals surface area (Å²) in [5.74, 6) is -0.407. The zero-order chi connectivity index (χ0) is 19.4. The Bertz CT molecular complexity index is 1080. The molecule has 3 aromatic carbocycles. The Kier molecular flexibility index (Phi) is 5.70. The van der Waals surface area contributed by atoms with Crippen LogP contribution in [0.1, 0.15) is 10.4 Å². The van der Waals surface area contributed by atoms with Crippen LogP contribution in [0.25, 0.3) is 0 Å². The molecule has 0 aliphatic rings. The molecular formula is C19H14Cl2N2O3S. The third kappa shape index (κ3) is 4.80. The topological polar surface area (TPSA) is 75.3 Å². The van der Waals surface area contributed by atoms with E-state index in [2.05, 4.69) is 10.0 Å². The van der Waals surface area contributed by atoms with Crippen molar-refractivity contribution in [3.8, 4) is 0 Å². The van der Waals surface area contributed by atoms with Gasteiger partial charge in [0.15, 0.2) is 0 Å². The van der Waals surface area contributed by atoms with Crippen molar-refractivity contribution in [1.82, 2.24) is 0 Å². The predicted octanol–water partition coefficient (Wildman–Crippen LogP) is 5.05. The first kappa shape index (κ1) is 19.2. The zero-order valence-electron chi connectivity index (χ0n) is 13.8. The second-order valence-corrected chi connectivity index (χ2v) is 8.10. The molecule has 27 heavy (non-hydrogen) atoms. The molecular weight excluding hydrogens is 407 g/mol. The molecule has 0 spiro atoms. The molecule has 0 aliphatic carbocycles. The molecule has 1 amide bonds. The normalized spacial score (nSPS) is 11.0. The van der Waals surface area contributed by atoms with Crippen molar-refractivity contribution in [2.24, 2.45) is 0 Å². The van der Waals surface area contributed by atoms with Gasteiger partial charge >= 0.3 is 0 Å². The number of nitrogens with one attached hydrogen (secondary N) is 2. The number of para-hydroxylation sites is 1. The number of hydrogen-bond donors (Lipinski definition) is 2. The molecule has 3 rings (SSSR count). The Balaban J connectivity index is 1.80. The Hall–Kier alpha value is -2.54. The first-order valence-electron chi connectivity index (χ1n) is 7.79. The van der Waals surface area contributed by atoms with Crippen LogP contribution in [0.5, 0.6) is 0 Å². The van der Waals surface area contributed by atoms with Gasteiger partial charge in [0.05, 0.1) is 15.6 Å². The maximum absolute atomic E-state index is 12.5. The van der Waals surface area contributed by atoms with Gasteiger partial charge in [-0.3, -0.25) is 9.52 Å². The molecule has 0 aromatic heterocycles. The lowest BCUT2D eigenvalue weighted by molar-refractivity contribution is 0.102. The van der Waals surface area contributed by atoms with Crippen LogP contribution in [0.15, 0.2) is 77.7 Å². The van der Waals surface area contributed by atoms with Gasteiger partial charge in [0.25, 0.3) is 15.9 Å². The molecule has 0 bridgehead atoms. The van der Waals surface area contributed by atoms with Crippen LogP contribution in [0, 0.1) is 0 Å². The van der Waals surface area contributed by atoms with Crippen LogP contribution < -0.4 is 10.0 Å². The standard InChI is InChI=1S/C19H14Cl2N2O3S/c20-14-8-10-16(11-9-14)27(25,26)23-15-5-3-4-13(12-15)19(24)22-18-7-2-1-6-17(18)21/h1-12,23H,(H,22,24). The second-order valence-electron chi connectivity index (χ2n) is 5.57. The van der Waals surface area contributed by atoms with Crippen LogP contribution in [0.4, 0.5) is 11.4 Å². The number of amides is 1. The summed E-state index contributed by atoms with van der Waals surface area (Å²) in [6.45, 7) is 0. The van der Waals surface area contributed by atoms with Crippen LogP contribution in [-0.4, -0.2) is 14.3 Å². The number of rotatable bonds is 5. The third-order valence-corrected chi connectivity index (χ3v) is 5.60. The van der Waals surface area contributed by atoms with Crippen LogP contribution in [0.3, 0.4) is 0 Å². The lowest BCUT2D eigenvalue weighted by atomic mass is 10.2. The monoisotopic (exact) mass is 420 g/mol. The summed E-state index contributed by atoms with van der Waals surface area (Å²) in [4.78, 5) is 12.5. The van der Waals surface area contributed by atoms with Gasteiger partial charge in [-0.2, -0.15) is 0 Å². The highest BCUT2D eigenvalue weighted by molar-refractivity contribution is 7.92. The van der Waals surface area contributed by atoms with Gasteiger partial charge in [-0.05, 0) is 54.6 Å². The number of carbonyl (C=O) groups excluding carboxylic acids is 1. The van der Waals surface area contributed by atoms with E-state index in [1.165, 1.54) is 30.3 Å². The first-order valence-corrected chi connectivity index (χ1v) is 10.0. The fourth-order valence-electron chi connectivity index (χ4n) is 2.31. The molecule has 0 aliphatic heterocycles. The lowest BCUT2D eigenvalue weighted by Gasteiger charge is -2.10. The van der Waals surface area contributed by atoms with E-state index in [4.69, 9.17) is 23.2 Å². The van der Waals surface area contributed by atoms with Gasteiger partial charge in [0.1, 0.15) is 0 Å². The van der Waals surface area contributed by atoms with E-state index in [9.17, 15) is 13.2 Å². The van der Waals surface area contributed by atoms with E-state index in [0.717, 1.165) is 0 Å². The van der Waals surface area contributed by atoms with Gasteiger partial charge in [-0.15, -0.1) is 0 Å². The molecule has 0 radical (unpaired) electrons. The fraction of sp³-hybridized carbons (Fsp3) is 0. The molecule has 0 saturated heterocycles. The molecule has 8 heteroatoms. The quantitative estimate of drug-likeness (QED) is 0.606. The van der Waals surface area contributed by atoms with Crippen LogP contribution in [0.2, 0.25) is 10.0 Å². The molecule has 0 saturated carbocycles. The second kappa shape index (κ2) is 8.00. The van der Waals surface area contributed by atoms with Crippen molar-refractivity contribution in [2.75, 3.05) is 10.0 Å². The van der Waals surface area contributed by atoms with Crippen LogP contribution in [-0.2, 0) is 10.0 Å². The van der Waals surface area contributed by atoms with Crippen molar-refractivity contribution in [3.05, 3.63) is 88.4 Å². The Morgan fingerprint density at radius 3 is 2.26 bits per heavy atom. The van der Waals surface area contributed by atoms with E-state index in [1.807, 2.05) is 0 Å². The average molecular weight is 421 g/mol. The average Bonchev–Trinajstić information content (AvgIpc) is 2.64. The van der Waals surface area contributed by atoms with Crippen molar-refractivity contribution in [3.63, 3.8) is 0 Å². The smallest absolute Gasteiger partial charge is 0.261 e. The Morgan fingerprint density at radius 2 is 1.56 bits per heavy atom. The Morgan fingerprint density at radius 1 is 0.852 bits per heavy atom. The number of sulfonamides is 1. The number of anilines is 2. The fourth-order valence-corrected chi connectivity index (χ4v) is 3.67. The molecule has 3 aromatic rings. The summed E-state index contributed by atoms with van der Waals surface area (Å²) in [5.41, 5.74) is 1.01. The van der Waals surface area contributed by atoms with E-state index in [-0.39, 0.29) is 16.1 Å². The zero-order valence-corrected chi connectivity index (χ0v) is 16.1. The largest absolute Gasteiger partial charge is 0.321 e. The predicted molar refractivity (Wildman–Crippen MR) is 108 cm³/mol. The highest BCUT2D eigenvalue weighted by atomic mass is 35.5. The van der Waals surface area contributed by atoms with E-state index in [1.54, 1.807) is 42.5 Å². The lowest BCUT2D eigenvalue weighted by Crippen LogP contribution is -2.15. The van der Waals surface area contributed by atoms with Crippen molar-refractivity contribution in [1.29, 1.82) is 0 Å². The van der Waals surface area contributed by atoms with Gasteiger partial charge in [0, 0.05) is 16.3 Å². The molecule has 0 atom stereocenters. The SMILES string of the molecule is O=C(Nc1ccccc1Cl)c1cccc(NS(=O)(=O)c2ccc(Cl)cc2)c1. The van der Waals surface area contributed by atoms with Gasteiger partial charge in [0.2, 0.25) is 0 Å². The van der Waals surface area contributed by atoms with Crippen molar-refractivity contribution < 1.29 is 13.2 Å². The first-order chi connectivity index (χ1) is 12.8. The minimum absolute atomic E-state index is 0.0674. The van der Waals surface area contributed by atoms with E-state index in [0.29, 0.717) is 15.7 Å². The summed E-state index contributed by atoms with van der Waals surface area (Å²) in [5, 5.41) is 3.54. The number of carbonyl (C=O) groups is 1. The van der Waals surface area contributed by atoms with Crippen LogP contribution >= 0.6 is 23.2 Å². The van der Waals surface area contributed by atoms with Gasteiger partial charge < -0.3 is 5.32 Å². The summed E-state index contributed by atoms with van der Waals surface area (Å²) in [7, 11) is -3.80. The molecule has 0 heterocycles. The third-order valence-electron chi connectivity index (χ3n) is 3.62. The number of hydrogen-bond acceptors (Lipinski definition) is 3. The van der Waals surface area contributed by atoms with Gasteiger partial charge in [-0.25, -0.2) is 8.42 Å².